The Morgan fingerprint density at radius 2 is 2.13 bits per heavy atom. The van der Waals surface area contributed by atoms with Gasteiger partial charge >= 0.3 is 0 Å². The summed E-state index contributed by atoms with van der Waals surface area (Å²) < 4.78 is 0. The van der Waals surface area contributed by atoms with Gasteiger partial charge in [0.1, 0.15) is 17.3 Å². The molecule has 0 aliphatic carbocycles. The summed E-state index contributed by atoms with van der Waals surface area (Å²) in [6.07, 6.45) is 4.91. The van der Waals surface area contributed by atoms with E-state index in [1.54, 1.807) is 0 Å². The molecule has 1 heterocycles. The van der Waals surface area contributed by atoms with Gasteiger partial charge in [-0.2, -0.15) is 0 Å². The maximum absolute atomic E-state index is 5.93. The molecule has 0 aliphatic rings. The lowest BCUT2D eigenvalue weighted by Gasteiger charge is -2.18. The van der Waals surface area contributed by atoms with Gasteiger partial charge in [-0.3, -0.25) is 0 Å². The molecule has 0 saturated heterocycles. The van der Waals surface area contributed by atoms with Crippen LogP contribution in [0.15, 0.2) is 6.33 Å². The first-order valence-electron chi connectivity index (χ1n) is 5.42. The highest BCUT2D eigenvalue weighted by Gasteiger charge is 2.09. The summed E-state index contributed by atoms with van der Waals surface area (Å²) >= 11 is 5.93. The SMILES string of the molecule is CCCC(CC)Nc1ncnc(Cl)c1C. The number of nitrogens with zero attached hydrogens (tertiary/aromatic N) is 2. The van der Waals surface area contributed by atoms with Gasteiger partial charge in [0.05, 0.1) is 0 Å². The van der Waals surface area contributed by atoms with Gasteiger partial charge in [0.15, 0.2) is 0 Å². The lowest BCUT2D eigenvalue weighted by atomic mass is 10.1. The molecule has 0 radical (unpaired) electrons. The van der Waals surface area contributed by atoms with Gasteiger partial charge in [0.2, 0.25) is 0 Å². The number of hydrogen-bond donors (Lipinski definition) is 1. The van der Waals surface area contributed by atoms with Crippen molar-refractivity contribution in [1.82, 2.24) is 9.97 Å². The molecule has 0 aliphatic heterocycles. The van der Waals surface area contributed by atoms with E-state index in [1.807, 2.05) is 6.92 Å². The van der Waals surface area contributed by atoms with Gasteiger partial charge < -0.3 is 5.32 Å². The summed E-state index contributed by atoms with van der Waals surface area (Å²) in [6.45, 7) is 6.29. The highest BCUT2D eigenvalue weighted by molar-refractivity contribution is 6.30. The van der Waals surface area contributed by atoms with Gasteiger partial charge in [-0.05, 0) is 19.8 Å². The Morgan fingerprint density at radius 1 is 1.40 bits per heavy atom. The van der Waals surface area contributed by atoms with Crippen molar-refractivity contribution in [3.63, 3.8) is 0 Å². The number of anilines is 1. The monoisotopic (exact) mass is 227 g/mol. The van der Waals surface area contributed by atoms with E-state index in [0.717, 1.165) is 24.2 Å². The molecule has 1 aromatic rings. The van der Waals surface area contributed by atoms with Crippen LogP contribution in [0.2, 0.25) is 5.15 Å². The Kier molecular flexibility index (Phi) is 4.82. The Bertz CT molecular complexity index is 315. The molecule has 1 aromatic heterocycles. The number of rotatable bonds is 5. The smallest absolute Gasteiger partial charge is 0.137 e. The van der Waals surface area contributed by atoms with Crippen LogP contribution < -0.4 is 5.32 Å². The molecule has 84 valence electrons. The molecule has 0 fully saturated rings. The van der Waals surface area contributed by atoms with Crippen molar-refractivity contribution in [1.29, 1.82) is 0 Å². The van der Waals surface area contributed by atoms with E-state index in [-0.39, 0.29) is 0 Å². The zero-order valence-corrected chi connectivity index (χ0v) is 10.3. The van der Waals surface area contributed by atoms with Crippen molar-refractivity contribution in [2.75, 3.05) is 5.32 Å². The first-order valence-corrected chi connectivity index (χ1v) is 5.80. The van der Waals surface area contributed by atoms with Crippen molar-refractivity contribution < 1.29 is 0 Å². The van der Waals surface area contributed by atoms with E-state index < -0.39 is 0 Å². The number of halogens is 1. The molecule has 0 saturated carbocycles. The minimum Gasteiger partial charge on any atom is -0.367 e. The fourth-order valence-electron chi connectivity index (χ4n) is 1.49. The fourth-order valence-corrected chi connectivity index (χ4v) is 1.63. The molecule has 1 unspecified atom stereocenters. The first-order chi connectivity index (χ1) is 7.19. The van der Waals surface area contributed by atoms with Gasteiger partial charge in [0.25, 0.3) is 0 Å². The molecule has 3 nitrogen and oxygen atoms in total. The second-order valence-corrected chi connectivity index (χ2v) is 4.03. The summed E-state index contributed by atoms with van der Waals surface area (Å²) in [6, 6.07) is 0.472. The van der Waals surface area contributed by atoms with E-state index in [0.29, 0.717) is 11.2 Å². The van der Waals surface area contributed by atoms with E-state index in [4.69, 9.17) is 11.6 Å². The maximum atomic E-state index is 5.93. The van der Waals surface area contributed by atoms with Crippen LogP contribution in [0.4, 0.5) is 5.82 Å². The summed E-state index contributed by atoms with van der Waals surface area (Å²) in [5, 5.41) is 3.93. The van der Waals surface area contributed by atoms with Gasteiger partial charge in [-0.15, -0.1) is 0 Å². The van der Waals surface area contributed by atoms with Crippen LogP contribution in [0.25, 0.3) is 0 Å². The average Bonchev–Trinajstić information content (AvgIpc) is 2.24. The van der Waals surface area contributed by atoms with Crippen LogP contribution in [-0.4, -0.2) is 16.0 Å². The lowest BCUT2D eigenvalue weighted by molar-refractivity contribution is 0.619. The Morgan fingerprint density at radius 3 is 2.73 bits per heavy atom. The van der Waals surface area contributed by atoms with Gasteiger partial charge in [-0.25, -0.2) is 9.97 Å². The third kappa shape index (κ3) is 3.34. The van der Waals surface area contributed by atoms with Crippen LogP contribution in [-0.2, 0) is 0 Å². The Labute approximate surface area is 96.3 Å². The molecule has 0 amide bonds. The summed E-state index contributed by atoms with van der Waals surface area (Å²) in [4.78, 5) is 8.14. The fraction of sp³-hybridized carbons (Fsp3) is 0.636. The van der Waals surface area contributed by atoms with E-state index >= 15 is 0 Å². The molecule has 1 rings (SSSR count). The highest BCUT2D eigenvalue weighted by atomic mass is 35.5. The molecular formula is C11H18ClN3. The maximum Gasteiger partial charge on any atom is 0.137 e. The standard InChI is InChI=1S/C11H18ClN3/c1-4-6-9(5-2)15-11-8(3)10(12)13-7-14-11/h7,9H,4-6H2,1-3H3,(H,13,14,15). The second-order valence-electron chi connectivity index (χ2n) is 3.68. The van der Waals surface area contributed by atoms with Crippen LogP contribution in [0.1, 0.15) is 38.7 Å². The zero-order valence-electron chi connectivity index (χ0n) is 9.55. The van der Waals surface area contributed by atoms with Gasteiger partial charge in [0, 0.05) is 11.6 Å². The highest BCUT2D eigenvalue weighted by Crippen LogP contribution is 2.19. The predicted molar refractivity (Wildman–Crippen MR) is 64.4 cm³/mol. The molecule has 0 spiro atoms. The minimum absolute atomic E-state index is 0.472. The van der Waals surface area contributed by atoms with Crippen molar-refractivity contribution in [3.05, 3.63) is 17.0 Å². The van der Waals surface area contributed by atoms with Crippen molar-refractivity contribution in [2.24, 2.45) is 0 Å². The normalized spacial score (nSPS) is 12.5. The molecular weight excluding hydrogens is 210 g/mol. The lowest BCUT2D eigenvalue weighted by Crippen LogP contribution is -2.19. The summed E-state index contributed by atoms with van der Waals surface area (Å²) in [5.74, 6) is 0.857. The Balaban J connectivity index is 2.74. The van der Waals surface area contributed by atoms with Crippen LogP contribution in [0, 0.1) is 6.92 Å². The third-order valence-corrected chi connectivity index (χ3v) is 2.87. The minimum atomic E-state index is 0.472. The van der Waals surface area contributed by atoms with E-state index in [9.17, 15) is 0 Å². The van der Waals surface area contributed by atoms with Crippen molar-refractivity contribution >= 4 is 17.4 Å². The second kappa shape index (κ2) is 5.91. The third-order valence-electron chi connectivity index (χ3n) is 2.49. The zero-order chi connectivity index (χ0) is 11.3. The molecule has 0 bridgehead atoms. The quantitative estimate of drug-likeness (QED) is 0.784. The number of nitrogens with one attached hydrogen (secondary N) is 1. The Hall–Kier alpha value is -0.830. The van der Waals surface area contributed by atoms with Crippen LogP contribution in [0.5, 0.6) is 0 Å². The average molecular weight is 228 g/mol. The first kappa shape index (κ1) is 12.2. The molecule has 1 N–H and O–H groups in total. The molecule has 4 heteroatoms. The summed E-state index contributed by atoms with van der Waals surface area (Å²) in [5.41, 5.74) is 0.925. The van der Waals surface area contributed by atoms with Crippen molar-refractivity contribution in [2.45, 2.75) is 46.1 Å². The van der Waals surface area contributed by atoms with Crippen LogP contribution >= 0.6 is 11.6 Å². The topological polar surface area (TPSA) is 37.8 Å². The predicted octanol–water partition coefficient (Wildman–Crippen LogP) is 3.43. The molecule has 15 heavy (non-hydrogen) atoms. The van der Waals surface area contributed by atoms with E-state index in [1.165, 1.54) is 12.7 Å². The number of aromatic nitrogens is 2. The number of hydrogen-bond acceptors (Lipinski definition) is 3. The molecule has 1 atom stereocenters. The molecule has 0 aromatic carbocycles. The van der Waals surface area contributed by atoms with Crippen molar-refractivity contribution in [3.8, 4) is 0 Å². The summed E-state index contributed by atoms with van der Waals surface area (Å²) in [7, 11) is 0. The largest absolute Gasteiger partial charge is 0.367 e. The van der Waals surface area contributed by atoms with E-state index in [2.05, 4.69) is 29.1 Å². The van der Waals surface area contributed by atoms with Gasteiger partial charge in [-0.1, -0.05) is 31.9 Å². The van der Waals surface area contributed by atoms with Crippen LogP contribution in [0.3, 0.4) is 0 Å².